The second kappa shape index (κ2) is 7.16. The van der Waals surface area contributed by atoms with E-state index in [4.69, 9.17) is 0 Å². The van der Waals surface area contributed by atoms with E-state index in [1.165, 1.54) is 51.7 Å². The van der Waals surface area contributed by atoms with Gasteiger partial charge in [-0.3, -0.25) is 4.90 Å². The average Bonchev–Trinajstić information content (AvgIpc) is 2.46. The Balaban J connectivity index is 1.94. The van der Waals surface area contributed by atoms with Gasteiger partial charge in [0.2, 0.25) is 0 Å². The lowest BCUT2D eigenvalue weighted by Crippen LogP contribution is -2.58. The summed E-state index contributed by atoms with van der Waals surface area (Å²) in [6.45, 7) is 8.43. The van der Waals surface area contributed by atoms with Crippen molar-refractivity contribution < 1.29 is 0 Å². The summed E-state index contributed by atoms with van der Waals surface area (Å²) in [7, 11) is 0. The van der Waals surface area contributed by atoms with E-state index in [1.807, 2.05) is 0 Å². The number of rotatable bonds is 4. The first-order valence-electron chi connectivity index (χ1n) is 7.76. The molecule has 18 heavy (non-hydrogen) atoms. The largest absolute Gasteiger partial charge is 0.311 e. The van der Waals surface area contributed by atoms with Crippen molar-refractivity contribution in [3.63, 3.8) is 0 Å². The third kappa shape index (κ3) is 3.43. The molecule has 0 aromatic rings. The highest BCUT2D eigenvalue weighted by atomic mass is 32.2. The smallest absolute Gasteiger partial charge is 0.0221 e. The van der Waals surface area contributed by atoms with Gasteiger partial charge in [-0.05, 0) is 25.0 Å². The van der Waals surface area contributed by atoms with Crippen LogP contribution in [0.3, 0.4) is 0 Å². The Kier molecular flexibility index (Phi) is 5.84. The summed E-state index contributed by atoms with van der Waals surface area (Å²) in [5.74, 6) is 0.809. The number of nitrogens with zero attached hydrogens (tertiary/aromatic N) is 1. The van der Waals surface area contributed by atoms with Gasteiger partial charge in [-0.1, -0.05) is 33.1 Å². The maximum Gasteiger partial charge on any atom is 0.0221 e. The van der Waals surface area contributed by atoms with Crippen LogP contribution in [-0.2, 0) is 0 Å². The first kappa shape index (κ1) is 14.7. The highest BCUT2D eigenvalue weighted by molar-refractivity contribution is 7.99. The summed E-state index contributed by atoms with van der Waals surface area (Å²) >= 11 is 2.10. The molecule has 0 radical (unpaired) electrons. The zero-order chi connectivity index (χ0) is 13.0. The minimum absolute atomic E-state index is 0.716. The Morgan fingerprint density at radius 3 is 2.83 bits per heavy atom. The van der Waals surface area contributed by atoms with Gasteiger partial charge in [0.25, 0.3) is 0 Å². The first-order chi connectivity index (χ1) is 8.76. The van der Waals surface area contributed by atoms with Crippen LogP contribution in [0.4, 0.5) is 0 Å². The van der Waals surface area contributed by atoms with Crippen molar-refractivity contribution in [2.24, 2.45) is 5.92 Å². The molecule has 0 aromatic heterocycles. The third-order valence-corrected chi connectivity index (χ3v) is 6.16. The number of piperazine rings is 1. The SMILES string of the molecule is CCC(C)C1CN(C2CCCCC2SC)CCN1. The van der Waals surface area contributed by atoms with Gasteiger partial charge in [-0.25, -0.2) is 0 Å². The summed E-state index contributed by atoms with van der Waals surface area (Å²) in [4.78, 5) is 2.80. The average molecular weight is 270 g/mol. The third-order valence-electron chi connectivity index (χ3n) is 5.01. The molecule has 1 heterocycles. The molecule has 1 saturated carbocycles. The van der Waals surface area contributed by atoms with Gasteiger partial charge in [0.1, 0.15) is 0 Å². The predicted octanol–water partition coefficient (Wildman–Crippen LogP) is 2.98. The summed E-state index contributed by atoms with van der Waals surface area (Å²) in [6.07, 6.45) is 9.35. The van der Waals surface area contributed by atoms with Gasteiger partial charge in [-0.15, -0.1) is 0 Å². The maximum absolute atomic E-state index is 3.72. The summed E-state index contributed by atoms with van der Waals surface area (Å²) < 4.78 is 0. The monoisotopic (exact) mass is 270 g/mol. The van der Waals surface area contributed by atoms with Crippen LogP contribution in [0.25, 0.3) is 0 Å². The molecular weight excluding hydrogens is 240 g/mol. The van der Waals surface area contributed by atoms with Crippen molar-refractivity contribution in [1.29, 1.82) is 0 Å². The molecule has 2 nitrogen and oxygen atoms in total. The lowest BCUT2D eigenvalue weighted by atomic mass is 9.91. The molecule has 0 aromatic carbocycles. The zero-order valence-corrected chi connectivity index (χ0v) is 13.1. The highest BCUT2D eigenvalue weighted by Crippen LogP contribution is 2.31. The van der Waals surface area contributed by atoms with Gasteiger partial charge in [0, 0.05) is 37.0 Å². The van der Waals surface area contributed by atoms with Crippen molar-refractivity contribution in [2.45, 2.75) is 63.3 Å². The quantitative estimate of drug-likeness (QED) is 0.845. The van der Waals surface area contributed by atoms with Crippen LogP contribution in [0.15, 0.2) is 0 Å². The van der Waals surface area contributed by atoms with Crippen LogP contribution >= 0.6 is 11.8 Å². The van der Waals surface area contributed by atoms with E-state index >= 15 is 0 Å². The second-order valence-electron chi connectivity index (χ2n) is 6.07. The molecule has 1 N–H and O–H groups in total. The Hall–Kier alpha value is 0.270. The van der Waals surface area contributed by atoms with Gasteiger partial charge in [0.15, 0.2) is 0 Å². The number of hydrogen-bond acceptors (Lipinski definition) is 3. The van der Waals surface area contributed by atoms with E-state index in [1.54, 1.807) is 0 Å². The number of nitrogens with one attached hydrogen (secondary N) is 1. The van der Waals surface area contributed by atoms with Gasteiger partial charge in [0.05, 0.1) is 0 Å². The minimum atomic E-state index is 0.716. The van der Waals surface area contributed by atoms with E-state index in [0.29, 0.717) is 6.04 Å². The van der Waals surface area contributed by atoms with Crippen molar-refractivity contribution in [3.05, 3.63) is 0 Å². The lowest BCUT2D eigenvalue weighted by molar-refractivity contribution is 0.103. The molecule has 106 valence electrons. The topological polar surface area (TPSA) is 15.3 Å². The van der Waals surface area contributed by atoms with Gasteiger partial charge >= 0.3 is 0 Å². The van der Waals surface area contributed by atoms with Crippen LogP contribution in [-0.4, -0.2) is 48.1 Å². The standard InChI is InChI=1S/C15H30N2S/c1-4-12(2)13-11-17(10-9-16-13)14-7-5-6-8-15(14)18-3/h12-16H,4-11H2,1-3H3. The molecule has 1 aliphatic heterocycles. The number of hydrogen-bond donors (Lipinski definition) is 1. The molecule has 4 unspecified atom stereocenters. The lowest BCUT2D eigenvalue weighted by Gasteiger charge is -2.45. The van der Waals surface area contributed by atoms with Crippen LogP contribution < -0.4 is 5.32 Å². The molecule has 0 spiro atoms. The fourth-order valence-electron chi connectivity index (χ4n) is 3.54. The summed E-state index contributed by atoms with van der Waals surface area (Å²) in [6, 6.07) is 1.57. The normalized spacial score (nSPS) is 36.5. The van der Waals surface area contributed by atoms with Crippen molar-refractivity contribution in [3.8, 4) is 0 Å². The van der Waals surface area contributed by atoms with Crippen LogP contribution in [0.5, 0.6) is 0 Å². The maximum atomic E-state index is 3.72. The van der Waals surface area contributed by atoms with E-state index < -0.39 is 0 Å². The molecule has 0 amide bonds. The first-order valence-corrected chi connectivity index (χ1v) is 9.05. The fraction of sp³-hybridized carbons (Fsp3) is 1.00. The summed E-state index contributed by atoms with van der Waals surface area (Å²) in [5, 5.41) is 4.61. The van der Waals surface area contributed by atoms with E-state index in [-0.39, 0.29) is 0 Å². The molecule has 1 saturated heterocycles. The second-order valence-corrected chi connectivity index (χ2v) is 7.14. The fourth-order valence-corrected chi connectivity index (χ4v) is 4.56. The minimum Gasteiger partial charge on any atom is -0.311 e. The zero-order valence-electron chi connectivity index (χ0n) is 12.3. The van der Waals surface area contributed by atoms with E-state index in [9.17, 15) is 0 Å². The van der Waals surface area contributed by atoms with E-state index in [2.05, 4.69) is 42.1 Å². The Bertz CT molecular complexity index is 247. The molecule has 1 aliphatic carbocycles. The molecule has 4 atom stereocenters. The molecule has 2 fully saturated rings. The Labute approximate surface area is 117 Å². The van der Waals surface area contributed by atoms with E-state index in [0.717, 1.165) is 17.2 Å². The Morgan fingerprint density at radius 2 is 2.11 bits per heavy atom. The number of thioether (sulfide) groups is 1. The molecule has 2 rings (SSSR count). The van der Waals surface area contributed by atoms with Crippen LogP contribution in [0, 0.1) is 5.92 Å². The summed E-state index contributed by atoms with van der Waals surface area (Å²) in [5.41, 5.74) is 0. The van der Waals surface area contributed by atoms with Crippen molar-refractivity contribution in [2.75, 3.05) is 25.9 Å². The molecule has 0 bridgehead atoms. The Morgan fingerprint density at radius 1 is 1.33 bits per heavy atom. The molecular formula is C15H30N2S. The predicted molar refractivity (Wildman–Crippen MR) is 82.4 cm³/mol. The van der Waals surface area contributed by atoms with Gasteiger partial charge < -0.3 is 5.32 Å². The van der Waals surface area contributed by atoms with Crippen molar-refractivity contribution >= 4 is 11.8 Å². The molecule has 2 aliphatic rings. The van der Waals surface area contributed by atoms with Crippen LogP contribution in [0.2, 0.25) is 0 Å². The van der Waals surface area contributed by atoms with Crippen LogP contribution in [0.1, 0.15) is 46.0 Å². The molecule has 3 heteroatoms. The van der Waals surface area contributed by atoms with Crippen molar-refractivity contribution in [1.82, 2.24) is 10.2 Å². The highest BCUT2D eigenvalue weighted by Gasteiger charge is 2.33. The van der Waals surface area contributed by atoms with Gasteiger partial charge in [-0.2, -0.15) is 11.8 Å².